The van der Waals surface area contributed by atoms with Crippen molar-refractivity contribution in [2.75, 3.05) is 25.9 Å². The molecule has 7 rings (SSSR count). The lowest BCUT2D eigenvalue weighted by atomic mass is 10.0. The molecule has 2 amide bonds. The van der Waals surface area contributed by atoms with Crippen LogP contribution in [0.1, 0.15) is 29.2 Å². The maximum atomic E-state index is 13.8. The number of carbonyl (C=O) groups is 2. The van der Waals surface area contributed by atoms with Gasteiger partial charge < -0.3 is 24.4 Å². The summed E-state index contributed by atoms with van der Waals surface area (Å²) < 4.78 is 46.7. The zero-order valence-corrected chi connectivity index (χ0v) is 27.4. The Morgan fingerprint density at radius 3 is 2.47 bits per heavy atom. The molecule has 0 aliphatic carbocycles. The molecule has 248 valence electrons. The predicted molar refractivity (Wildman–Crippen MR) is 185 cm³/mol. The molecule has 0 radical (unpaired) electrons. The van der Waals surface area contributed by atoms with Crippen LogP contribution >= 0.6 is 0 Å². The van der Waals surface area contributed by atoms with Crippen molar-refractivity contribution >= 4 is 44.0 Å². The van der Waals surface area contributed by atoms with Gasteiger partial charge in [-0.2, -0.15) is 0 Å². The Bertz CT molecular complexity index is 2220. The average molecular weight is 677 g/mol. The highest BCUT2D eigenvalue weighted by Crippen LogP contribution is 2.36. The molecule has 2 N–H and O–H groups in total. The van der Waals surface area contributed by atoms with Crippen molar-refractivity contribution in [3.63, 3.8) is 0 Å². The largest absolute Gasteiger partial charge is 0.497 e. The number of nitrogens with one attached hydrogen (secondary N) is 2. The number of ether oxygens (including phenoxy) is 3. The molecular formula is C37H32N4O7S. The van der Waals surface area contributed by atoms with Gasteiger partial charge in [-0.1, -0.05) is 66.7 Å². The van der Waals surface area contributed by atoms with E-state index in [1.54, 1.807) is 56.6 Å². The van der Waals surface area contributed by atoms with Crippen molar-refractivity contribution in [3.8, 4) is 17.2 Å². The fourth-order valence-corrected chi connectivity index (χ4v) is 7.21. The van der Waals surface area contributed by atoms with Crippen molar-refractivity contribution in [2.24, 2.45) is 4.99 Å². The minimum Gasteiger partial charge on any atom is -0.497 e. The molecule has 12 heteroatoms. The molecule has 5 aromatic rings. The average Bonchev–Trinajstić information content (AvgIpc) is 3.57. The molecular weight excluding hydrogens is 644 g/mol. The molecule has 5 aromatic carbocycles. The van der Waals surface area contributed by atoms with Gasteiger partial charge in [-0.05, 0) is 58.8 Å². The highest BCUT2D eigenvalue weighted by atomic mass is 32.2. The van der Waals surface area contributed by atoms with E-state index in [1.807, 2.05) is 60.7 Å². The summed E-state index contributed by atoms with van der Waals surface area (Å²) in [4.78, 5) is 33.8. The number of aliphatic imine (C=N–C) groups is 1. The molecule has 0 aromatic heterocycles. The van der Waals surface area contributed by atoms with Gasteiger partial charge in [-0.15, -0.1) is 0 Å². The lowest BCUT2D eigenvalue weighted by molar-refractivity contribution is -0.127. The molecule has 49 heavy (non-hydrogen) atoms. The van der Waals surface area contributed by atoms with Crippen LogP contribution in [0.3, 0.4) is 0 Å². The number of sulfonamides is 1. The summed E-state index contributed by atoms with van der Waals surface area (Å²) in [5.41, 5.74) is 3.17. The van der Waals surface area contributed by atoms with E-state index in [-0.39, 0.29) is 18.1 Å². The Labute approximate surface area is 283 Å². The number of hydrogen-bond acceptors (Lipinski definition) is 8. The number of benzene rings is 5. The highest BCUT2D eigenvalue weighted by Gasteiger charge is 2.33. The lowest BCUT2D eigenvalue weighted by Gasteiger charge is -2.23. The van der Waals surface area contributed by atoms with Crippen LogP contribution in [0, 0.1) is 0 Å². The molecule has 11 nitrogen and oxygen atoms in total. The number of anilines is 1. The number of hydrogen-bond donors (Lipinski definition) is 2. The van der Waals surface area contributed by atoms with E-state index >= 15 is 0 Å². The molecule has 2 unspecified atom stereocenters. The normalized spacial score (nSPS) is 16.0. The van der Waals surface area contributed by atoms with E-state index in [4.69, 9.17) is 19.2 Å². The first-order valence-corrected chi connectivity index (χ1v) is 17.0. The SMILES string of the molecule is COc1ccc2cc(S(=O)(=O)NC(CC(=O)NC3N=C(c4ccccc4)c4ccccc4N(C)C3=O)c3ccc4c(c3)OCO4)ccc2c1. The van der Waals surface area contributed by atoms with Crippen molar-refractivity contribution in [3.05, 3.63) is 126 Å². The van der Waals surface area contributed by atoms with Crippen LogP contribution in [0.25, 0.3) is 10.8 Å². The number of fused-ring (bicyclic) bond motifs is 3. The monoisotopic (exact) mass is 676 g/mol. The van der Waals surface area contributed by atoms with Crippen LogP contribution in [0.15, 0.2) is 119 Å². The van der Waals surface area contributed by atoms with Crippen LogP contribution in [0.2, 0.25) is 0 Å². The standard InChI is InChI=1S/C37H32N4O7S/c1-41-31-11-7-6-10-29(31)35(23-8-4-3-5-9-23)39-36(37(41)43)38-34(42)21-30(26-14-17-32-33(20-26)48-22-47-32)40-49(44,45)28-16-13-24-18-27(46-2)15-12-25(24)19-28/h3-20,30,36,40H,21-22H2,1-2H3,(H,38,42). The zero-order chi connectivity index (χ0) is 34.1. The van der Waals surface area contributed by atoms with E-state index in [0.29, 0.717) is 39.6 Å². The third-order valence-corrected chi connectivity index (χ3v) is 9.97. The summed E-state index contributed by atoms with van der Waals surface area (Å²) in [6.45, 7) is 0.0268. The number of benzodiazepines with no additional fused rings is 1. The summed E-state index contributed by atoms with van der Waals surface area (Å²) in [6.07, 6.45) is -1.62. The molecule has 2 atom stereocenters. The molecule has 0 saturated carbocycles. The maximum Gasteiger partial charge on any atom is 0.272 e. The number of rotatable bonds is 9. The summed E-state index contributed by atoms with van der Waals surface area (Å²) >= 11 is 0. The third kappa shape index (κ3) is 6.43. The lowest BCUT2D eigenvalue weighted by Crippen LogP contribution is -2.47. The number of carbonyl (C=O) groups excluding carboxylic acids is 2. The van der Waals surface area contributed by atoms with Crippen molar-refractivity contribution in [1.29, 1.82) is 0 Å². The van der Waals surface area contributed by atoms with Gasteiger partial charge in [0, 0.05) is 24.6 Å². The Hall–Kier alpha value is -5.72. The first-order chi connectivity index (χ1) is 23.7. The van der Waals surface area contributed by atoms with Crippen LogP contribution in [0.5, 0.6) is 17.2 Å². The summed E-state index contributed by atoms with van der Waals surface area (Å²) in [5, 5.41) is 4.27. The zero-order valence-electron chi connectivity index (χ0n) is 26.6. The van der Waals surface area contributed by atoms with Gasteiger partial charge >= 0.3 is 0 Å². The van der Waals surface area contributed by atoms with Gasteiger partial charge in [0.2, 0.25) is 28.9 Å². The topological polar surface area (TPSA) is 136 Å². The minimum absolute atomic E-state index is 0.0201. The third-order valence-electron chi connectivity index (χ3n) is 8.50. The smallest absolute Gasteiger partial charge is 0.272 e. The molecule has 0 bridgehead atoms. The van der Waals surface area contributed by atoms with Crippen molar-refractivity contribution < 1.29 is 32.2 Å². The number of likely N-dealkylation sites (N-methyl/N-ethyl adjacent to an activating group) is 1. The summed E-state index contributed by atoms with van der Waals surface area (Å²) in [5.74, 6) is 0.550. The number of nitrogens with zero attached hydrogens (tertiary/aromatic N) is 2. The van der Waals surface area contributed by atoms with Crippen LogP contribution < -0.4 is 29.1 Å². The molecule has 0 spiro atoms. The Balaban J connectivity index is 1.20. The molecule has 2 heterocycles. The van der Waals surface area contributed by atoms with E-state index < -0.39 is 34.0 Å². The van der Waals surface area contributed by atoms with Crippen molar-refractivity contribution in [2.45, 2.75) is 23.5 Å². The number of amides is 2. The fourth-order valence-electron chi connectivity index (χ4n) is 5.95. The van der Waals surface area contributed by atoms with E-state index in [1.165, 1.54) is 11.0 Å². The van der Waals surface area contributed by atoms with E-state index in [9.17, 15) is 18.0 Å². The van der Waals surface area contributed by atoms with Gasteiger partial charge in [0.1, 0.15) is 5.75 Å². The molecule has 2 aliphatic heterocycles. The van der Waals surface area contributed by atoms with Crippen LogP contribution in [-0.2, 0) is 19.6 Å². The van der Waals surface area contributed by atoms with Crippen LogP contribution in [0.4, 0.5) is 5.69 Å². The predicted octanol–water partition coefficient (Wildman–Crippen LogP) is 4.94. The van der Waals surface area contributed by atoms with Gasteiger partial charge in [0.25, 0.3) is 5.91 Å². The second kappa shape index (κ2) is 13.1. The summed E-state index contributed by atoms with van der Waals surface area (Å²) in [6, 6.07) is 30.8. The second-order valence-electron chi connectivity index (χ2n) is 11.6. The molecule has 2 aliphatic rings. The Morgan fingerprint density at radius 2 is 1.65 bits per heavy atom. The molecule has 0 fully saturated rings. The van der Waals surface area contributed by atoms with Gasteiger partial charge in [-0.25, -0.2) is 18.1 Å². The minimum atomic E-state index is -4.15. The fraction of sp³-hybridized carbons (Fsp3) is 0.162. The quantitative estimate of drug-likeness (QED) is 0.226. The number of para-hydroxylation sites is 1. The van der Waals surface area contributed by atoms with Gasteiger partial charge in [0.15, 0.2) is 11.5 Å². The first-order valence-electron chi connectivity index (χ1n) is 15.5. The highest BCUT2D eigenvalue weighted by molar-refractivity contribution is 7.89. The second-order valence-corrected chi connectivity index (χ2v) is 13.3. The van der Waals surface area contributed by atoms with Crippen molar-refractivity contribution in [1.82, 2.24) is 10.0 Å². The van der Waals surface area contributed by atoms with Gasteiger partial charge in [0.05, 0.1) is 29.4 Å². The maximum absolute atomic E-state index is 13.8. The van der Waals surface area contributed by atoms with E-state index in [0.717, 1.165) is 16.5 Å². The summed E-state index contributed by atoms with van der Waals surface area (Å²) in [7, 11) is -0.955. The van der Waals surface area contributed by atoms with Gasteiger partial charge in [-0.3, -0.25) is 9.59 Å². The Kier molecular flexibility index (Phi) is 8.49. The first kappa shape index (κ1) is 31.9. The number of methoxy groups -OCH3 is 1. The van der Waals surface area contributed by atoms with Crippen LogP contribution in [-0.4, -0.2) is 53.1 Å². The molecule has 0 saturated heterocycles. The van der Waals surface area contributed by atoms with E-state index in [2.05, 4.69) is 10.0 Å². The Morgan fingerprint density at radius 1 is 0.918 bits per heavy atom.